The molecule has 3 rings (SSSR count). The fraction of sp³-hybridized carbons (Fsp3) is 0.765. The van der Waals surface area contributed by atoms with Gasteiger partial charge in [0.1, 0.15) is 0 Å². The van der Waals surface area contributed by atoms with E-state index in [1.807, 2.05) is 24.1 Å². The van der Waals surface area contributed by atoms with E-state index in [9.17, 15) is 4.79 Å². The van der Waals surface area contributed by atoms with Gasteiger partial charge in [0.25, 0.3) is 0 Å². The number of amides is 1. The van der Waals surface area contributed by atoms with Gasteiger partial charge in [-0.25, -0.2) is 0 Å². The maximum Gasteiger partial charge on any atom is 0.228 e. The molecular weight excluding hydrogens is 276 g/mol. The first kappa shape index (κ1) is 15.5. The lowest BCUT2D eigenvalue weighted by Crippen LogP contribution is -2.47. The second kappa shape index (κ2) is 6.41. The highest BCUT2D eigenvalue weighted by molar-refractivity contribution is 5.81. The van der Waals surface area contributed by atoms with Crippen molar-refractivity contribution in [2.45, 2.75) is 57.5 Å². The van der Waals surface area contributed by atoms with Crippen LogP contribution in [0, 0.1) is 5.92 Å². The summed E-state index contributed by atoms with van der Waals surface area (Å²) in [5.41, 5.74) is 1.18. The normalized spacial score (nSPS) is 26.0. The molecule has 5 heteroatoms. The van der Waals surface area contributed by atoms with Crippen LogP contribution in [0.3, 0.4) is 0 Å². The van der Waals surface area contributed by atoms with Crippen LogP contribution in [0.5, 0.6) is 0 Å². The van der Waals surface area contributed by atoms with Gasteiger partial charge in [0, 0.05) is 44.3 Å². The van der Waals surface area contributed by atoms with Gasteiger partial charge < -0.3 is 10.2 Å². The number of hydrogen-bond acceptors (Lipinski definition) is 3. The second-order valence-corrected chi connectivity index (χ2v) is 7.10. The van der Waals surface area contributed by atoms with E-state index in [-0.39, 0.29) is 17.9 Å². The molecule has 1 aliphatic heterocycles. The number of rotatable bonds is 4. The standard InChI is InChI=1S/C17H28N4O/c1-12(2)21(14-6-4-5-7-14)17(22)16-10-18-9-15(16)13-8-19-20(3)11-13/h8,11-12,14-16,18H,4-7,9-10H2,1-3H3/t15-,16+/m1/s1. The summed E-state index contributed by atoms with van der Waals surface area (Å²) in [4.78, 5) is 15.4. The third kappa shape index (κ3) is 2.91. The van der Waals surface area contributed by atoms with Crippen molar-refractivity contribution in [1.29, 1.82) is 0 Å². The van der Waals surface area contributed by atoms with Crippen molar-refractivity contribution < 1.29 is 4.79 Å². The molecule has 2 atom stereocenters. The average Bonchev–Trinajstić information content (AvgIpc) is 3.17. The molecule has 1 aromatic rings. The van der Waals surface area contributed by atoms with Gasteiger partial charge in [0.2, 0.25) is 5.91 Å². The molecule has 0 unspecified atom stereocenters. The Balaban J connectivity index is 1.79. The minimum atomic E-state index is 0.0483. The quantitative estimate of drug-likeness (QED) is 0.924. The Morgan fingerprint density at radius 2 is 2.09 bits per heavy atom. The number of carbonyl (C=O) groups excluding carboxylic acids is 1. The van der Waals surface area contributed by atoms with E-state index in [4.69, 9.17) is 0 Å². The Morgan fingerprint density at radius 3 is 2.68 bits per heavy atom. The summed E-state index contributed by atoms with van der Waals surface area (Å²) < 4.78 is 1.83. The molecule has 0 aromatic carbocycles. The van der Waals surface area contributed by atoms with E-state index in [1.54, 1.807) is 0 Å². The molecule has 2 aliphatic rings. The predicted octanol–water partition coefficient (Wildman–Crippen LogP) is 1.90. The summed E-state index contributed by atoms with van der Waals surface area (Å²) >= 11 is 0. The zero-order valence-corrected chi connectivity index (χ0v) is 14.0. The minimum Gasteiger partial charge on any atom is -0.337 e. The van der Waals surface area contributed by atoms with E-state index < -0.39 is 0 Å². The second-order valence-electron chi connectivity index (χ2n) is 7.10. The summed E-state index contributed by atoms with van der Waals surface area (Å²) in [6, 6.07) is 0.730. The van der Waals surface area contributed by atoms with Gasteiger partial charge in [0.05, 0.1) is 12.1 Å². The fourth-order valence-corrected chi connectivity index (χ4v) is 4.15. The Kier molecular flexibility index (Phi) is 4.52. The third-order valence-electron chi connectivity index (χ3n) is 5.21. The molecule has 1 N–H and O–H groups in total. The molecule has 0 radical (unpaired) electrons. The highest BCUT2D eigenvalue weighted by atomic mass is 16.2. The van der Waals surface area contributed by atoms with E-state index in [1.165, 1.54) is 31.2 Å². The lowest BCUT2D eigenvalue weighted by atomic mass is 9.89. The molecule has 1 saturated carbocycles. The molecule has 0 bridgehead atoms. The number of aromatic nitrogens is 2. The summed E-state index contributed by atoms with van der Waals surface area (Å²) in [5, 5.41) is 7.69. The fourth-order valence-electron chi connectivity index (χ4n) is 4.15. The van der Waals surface area contributed by atoms with Crippen LogP contribution in [0.2, 0.25) is 0 Å². The molecule has 1 aliphatic carbocycles. The SMILES string of the molecule is CC(C)N(C(=O)[C@H]1CNC[C@@H]1c1cnn(C)c1)C1CCCC1. The first-order chi connectivity index (χ1) is 10.6. The van der Waals surface area contributed by atoms with Crippen LogP contribution in [0.4, 0.5) is 0 Å². The Morgan fingerprint density at radius 1 is 1.36 bits per heavy atom. The van der Waals surface area contributed by atoms with Gasteiger partial charge in [0.15, 0.2) is 0 Å². The van der Waals surface area contributed by atoms with Gasteiger partial charge in [-0.3, -0.25) is 9.48 Å². The van der Waals surface area contributed by atoms with Crippen LogP contribution >= 0.6 is 0 Å². The summed E-state index contributed by atoms with van der Waals surface area (Å²) in [5.74, 6) is 0.636. The van der Waals surface area contributed by atoms with Crippen LogP contribution in [0.15, 0.2) is 12.4 Å². The topological polar surface area (TPSA) is 50.2 Å². The summed E-state index contributed by atoms with van der Waals surface area (Å²) in [6.07, 6.45) is 8.82. The van der Waals surface area contributed by atoms with Crippen molar-refractivity contribution in [3.05, 3.63) is 18.0 Å². The lowest BCUT2D eigenvalue weighted by Gasteiger charge is -2.36. The number of nitrogens with zero attached hydrogens (tertiary/aromatic N) is 3. The highest BCUT2D eigenvalue weighted by Crippen LogP contribution is 2.33. The van der Waals surface area contributed by atoms with Crippen LogP contribution in [0.1, 0.15) is 51.0 Å². The van der Waals surface area contributed by atoms with Crippen LogP contribution in [-0.2, 0) is 11.8 Å². The Bertz CT molecular complexity index is 518. The zero-order valence-electron chi connectivity index (χ0n) is 14.0. The van der Waals surface area contributed by atoms with Gasteiger partial charge >= 0.3 is 0 Å². The molecule has 2 heterocycles. The zero-order chi connectivity index (χ0) is 15.7. The first-order valence-electron chi connectivity index (χ1n) is 8.59. The molecule has 0 spiro atoms. The molecule has 5 nitrogen and oxygen atoms in total. The molecule has 2 fully saturated rings. The van der Waals surface area contributed by atoms with Gasteiger partial charge in [-0.15, -0.1) is 0 Å². The number of carbonyl (C=O) groups is 1. The van der Waals surface area contributed by atoms with Crippen LogP contribution < -0.4 is 5.32 Å². The van der Waals surface area contributed by atoms with E-state index in [0.29, 0.717) is 11.9 Å². The van der Waals surface area contributed by atoms with E-state index >= 15 is 0 Å². The number of nitrogens with one attached hydrogen (secondary N) is 1. The average molecular weight is 304 g/mol. The van der Waals surface area contributed by atoms with Crippen molar-refractivity contribution in [3.63, 3.8) is 0 Å². The molecule has 22 heavy (non-hydrogen) atoms. The van der Waals surface area contributed by atoms with Gasteiger partial charge in [-0.05, 0) is 32.3 Å². The Labute approximate surface area is 133 Å². The summed E-state index contributed by atoms with van der Waals surface area (Å²) in [7, 11) is 1.93. The predicted molar refractivity (Wildman–Crippen MR) is 86.5 cm³/mol. The highest BCUT2D eigenvalue weighted by Gasteiger charge is 2.40. The van der Waals surface area contributed by atoms with E-state index in [0.717, 1.165) is 13.1 Å². The van der Waals surface area contributed by atoms with Crippen LogP contribution in [0.25, 0.3) is 0 Å². The summed E-state index contributed by atoms with van der Waals surface area (Å²) in [6.45, 7) is 5.96. The Hall–Kier alpha value is -1.36. The van der Waals surface area contributed by atoms with Crippen molar-refractivity contribution in [2.24, 2.45) is 13.0 Å². The maximum absolute atomic E-state index is 13.2. The van der Waals surface area contributed by atoms with Gasteiger partial charge in [-0.1, -0.05) is 12.8 Å². The first-order valence-corrected chi connectivity index (χ1v) is 8.59. The van der Waals surface area contributed by atoms with E-state index in [2.05, 4.69) is 29.2 Å². The minimum absolute atomic E-state index is 0.0483. The molecule has 1 saturated heterocycles. The van der Waals surface area contributed by atoms with Crippen molar-refractivity contribution in [1.82, 2.24) is 20.0 Å². The maximum atomic E-state index is 13.2. The van der Waals surface area contributed by atoms with Crippen molar-refractivity contribution in [3.8, 4) is 0 Å². The van der Waals surface area contributed by atoms with Crippen LogP contribution in [-0.4, -0.2) is 45.8 Å². The van der Waals surface area contributed by atoms with Crippen molar-refractivity contribution >= 4 is 5.91 Å². The third-order valence-corrected chi connectivity index (χ3v) is 5.21. The monoisotopic (exact) mass is 304 g/mol. The number of hydrogen-bond donors (Lipinski definition) is 1. The van der Waals surface area contributed by atoms with Gasteiger partial charge in [-0.2, -0.15) is 5.10 Å². The lowest BCUT2D eigenvalue weighted by molar-refractivity contribution is -0.139. The largest absolute Gasteiger partial charge is 0.337 e. The van der Waals surface area contributed by atoms with Crippen molar-refractivity contribution in [2.75, 3.05) is 13.1 Å². The molecule has 122 valence electrons. The molecule has 1 amide bonds. The number of aryl methyl sites for hydroxylation is 1. The smallest absolute Gasteiger partial charge is 0.228 e. The molecule has 1 aromatic heterocycles. The molecular formula is C17H28N4O.